The summed E-state index contributed by atoms with van der Waals surface area (Å²) in [6.45, 7) is 5.18. The zero-order chi connectivity index (χ0) is 13.7. The van der Waals surface area contributed by atoms with Crippen LogP contribution in [0.15, 0.2) is 46.7 Å². The summed E-state index contributed by atoms with van der Waals surface area (Å²) in [7, 11) is 0. The second-order valence-corrected chi connectivity index (χ2v) is 4.34. The lowest BCUT2D eigenvalue weighted by Crippen LogP contribution is -2.00. The summed E-state index contributed by atoms with van der Waals surface area (Å²) < 4.78 is 26.0. The van der Waals surface area contributed by atoms with Crippen LogP contribution in [-0.2, 0) is 0 Å². The molecule has 0 aliphatic heterocycles. The van der Waals surface area contributed by atoms with Crippen molar-refractivity contribution in [3.8, 4) is 0 Å². The maximum atomic E-state index is 13.3. The van der Waals surface area contributed by atoms with Gasteiger partial charge in [0.1, 0.15) is 22.6 Å². The number of anilines is 1. The smallest absolute Gasteiger partial charge is 0.149 e. The number of nitrogens with one attached hydrogen (secondary N) is 1. The van der Waals surface area contributed by atoms with Crippen molar-refractivity contribution in [3.05, 3.63) is 53.3 Å². The molecule has 6 heteroatoms. The molecule has 0 aliphatic carbocycles. The van der Waals surface area contributed by atoms with E-state index in [0.717, 1.165) is 12.1 Å². The fourth-order valence-corrected chi connectivity index (χ4v) is 1.52. The van der Waals surface area contributed by atoms with E-state index in [1.807, 2.05) is 0 Å². The Kier molecular flexibility index (Phi) is 5.31. The third-order valence-corrected chi connectivity index (χ3v) is 2.07. The zero-order valence-corrected chi connectivity index (χ0v) is 11.0. The third kappa shape index (κ3) is 4.85. The maximum Gasteiger partial charge on any atom is 0.149 e. The Balaban J connectivity index is 2.79. The number of hydrogen-bond acceptors (Lipinski definition) is 2. The maximum absolute atomic E-state index is 13.3. The lowest BCUT2D eigenvalue weighted by molar-refractivity contribution is 0.585. The molecule has 0 fully saturated rings. The van der Waals surface area contributed by atoms with Gasteiger partial charge in [0, 0.05) is 11.1 Å². The molecule has 2 nitrogen and oxygen atoms in total. The Bertz CT molecular complexity index is 521. The second-order valence-electron chi connectivity index (χ2n) is 3.36. The summed E-state index contributed by atoms with van der Waals surface area (Å²) in [5, 5.41) is 3.11. The first-order valence-corrected chi connectivity index (χ1v) is 5.63. The van der Waals surface area contributed by atoms with Crippen LogP contribution in [0.4, 0.5) is 14.5 Å². The van der Waals surface area contributed by atoms with Gasteiger partial charge in [-0.2, -0.15) is 0 Å². The topological polar surface area (TPSA) is 24.4 Å². The monoisotopic (exact) mass is 290 g/mol. The van der Waals surface area contributed by atoms with Crippen LogP contribution in [0.5, 0.6) is 0 Å². The van der Waals surface area contributed by atoms with Crippen LogP contribution in [0.25, 0.3) is 0 Å². The van der Waals surface area contributed by atoms with E-state index in [4.69, 9.17) is 23.2 Å². The zero-order valence-electron chi connectivity index (χ0n) is 9.48. The second kappa shape index (κ2) is 6.52. The summed E-state index contributed by atoms with van der Waals surface area (Å²) in [6, 6.07) is 3.11. The number of allylic oxidation sites excluding steroid dienone is 2. The van der Waals surface area contributed by atoms with E-state index in [1.54, 1.807) is 6.92 Å². The molecule has 0 spiro atoms. The van der Waals surface area contributed by atoms with Gasteiger partial charge in [-0.15, -0.1) is 0 Å². The van der Waals surface area contributed by atoms with Gasteiger partial charge in [0.25, 0.3) is 0 Å². The predicted molar refractivity (Wildman–Crippen MR) is 72.0 cm³/mol. The quantitative estimate of drug-likeness (QED) is 0.804. The summed E-state index contributed by atoms with van der Waals surface area (Å²) in [5.74, 6) is -1.29. The van der Waals surface area contributed by atoms with E-state index in [9.17, 15) is 8.78 Å². The molecule has 1 aromatic rings. The van der Waals surface area contributed by atoms with Gasteiger partial charge in [-0.05, 0) is 25.1 Å². The number of rotatable bonds is 4. The Morgan fingerprint density at radius 1 is 1.39 bits per heavy atom. The molecule has 0 atom stereocenters. The average molecular weight is 291 g/mol. The fraction of sp³-hybridized carbons (Fsp3) is 0.0833. The number of aliphatic imine (C=N–C) groups is 1. The number of benzene rings is 1. The predicted octanol–water partition coefficient (Wildman–Crippen LogP) is 4.63. The molecule has 0 amide bonds. The minimum atomic E-state index is -0.744. The standard InChI is InChI=1S/C12H10Cl2F2N2/c1-7(13)5-12(14)18-8(2)17-11-4-3-9(15)6-10(11)16/h3-6,17H,2H2,1H3/b7-5+,18-12?. The van der Waals surface area contributed by atoms with Gasteiger partial charge in [0.15, 0.2) is 0 Å². The summed E-state index contributed by atoms with van der Waals surface area (Å²) in [5.41, 5.74) is 0.0567. The van der Waals surface area contributed by atoms with Gasteiger partial charge in [-0.1, -0.05) is 29.8 Å². The minimum absolute atomic E-state index is 0.0567. The molecule has 0 unspecified atom stereocenters. The normalized spacial score (nSPS) is 12.5. The van der Waals surface area contributed by atoms with Gasteiger partial charge in [0.05, 0.1) is 5.69 Å². The molecule has 18 heavy (non-hydrogen) atoms. The first-order chi connectivity index (χ1) is 8.38. The van der Waals surface area contributed by atoms with E-state index < -0.39 is 11.6 Å². The highest BCUT2D eigenvalue weighted by Crippen LogP contribution is 2.17. The molecule has 0 aliphatic rings. The molecule has 0 heterocycles. The van der Waals surface area contributed by atoms with Crippen LogP contribution >= 0.6 is 23.2 Å². The SMILES string of the molecule is C=C(N=C(Cl)/C=C(\C)Cl)Nc1ccc(F)cc1F. The highest BCUT2D eigenvalue weighted by molar-refractivity contribution is 6.69. The van der Waals surface area contributed by atoms with Crippen molar-refractivity contribution < 1.29 is 8.78 Å². The van der Waals surface area contributed by atoms with E-state index >= 15 is 0 Å². The molecule has 1 N–H and O–H groups in total. The lowest BCUT2D eigenvalue weighted by Gasteiger charge is -2.06. The molecule has 0 saturated heterocycles. The van der Waals surface area contributed by atoms with Gasteiger partial charge < -0.3 is 5.32 Å². The van der Waals surface area contributed by atoms with Crippen LogP contribution in [0.2, 0.25) is 0 Å². The summed E-state index contributed by atoms with van der Waals surface area (Å²) in [6.07, 6.45) is 1.41. The van der Waals surface area contributed by atoms with Crippen molar-refractivity contribution in [3.63, 3.8) is 0 Å². The van der Waals surface area contributed by atoms with E-state index in [2.05, 4.69) is 16.9 Å². The van der Waals surface area contributed by atoms with Crippen molar-refractivity contribution in [1.82, 2.24) is 0 Å². The summed E-state index contributed by atoms with van der Waals surface area (Å²) >= 11 is 11.3. The molecular formula is C12H10Cl2F2N2. The third-order valence-electron chi connectivity index (χ3n) is 1.77. The Morgan fingerprint density at radius 3 is 2.61 bits per heavy atom. The van der Waals surface area contributed by atoms with Gasteiger partial charge in [-0.25, -0.2) is 13.8 Å². The van der Waals surface area contributed by atoms with Gasteiger partial charge in [-0.3, -0.25) is 0 Å². The minimum Gasteiger partial charge on any atom is -0.338 e. The van der Waals surface area contributed by atoms with Crippen LogP contribution in [0, 0.1) is 11.6 Å². The Morgan fingerprint density at radius 2 is 2.06 bits per heavy atom. The van der Waals surface area contributed by atoms with E-state index in [0.29, 0.717) is 5.03 Å². The molecule has 96 valence electrons. The largest absolute Gasteiger partial charge is 0.338 e. The van der Waals surface area contributed by atoms with Crippen molar-refractivity contribution in [2.75, 3.05) is 5.32 Å². The van der Waals surface area contributed by atoms with E-state index in [1.165, 1.54) is 12.1 Å². The van der Waals surface area contributed by atoms with Crippen LogP contribution in [-0.4, -0.2) is 5.17 Å². The Hall–Kier alpha value is -1.39. The van der Waals surface area contributed by atoms with Crippen molar-refractivity contribution in [1.29, 1.82) is 0 Å². The molecule has 0 radical (unpaired) electrons. The highest BCUT2D eigenvalue weighted by atomic mass is 35.5. The lowest BCUT2D eigenvalue weighted by atomic mass is 10.3. The molecular weight excluding hydrogens is 281 g/mol. The van der Waals surface area contributed by atoms with Crippen molar-refractivity contribution in [2.24, 2.45) is 4.99 Å². The van der Waals surface area contributed by atoms with Crippen LogP contribution in [0.3, 0.4) is 0 Å². The van der Waals surface area contributed by atoms with Gasteiger partial charge in [0.2, 0.25) is 0 Å². The van der Waals surface area contributed by atoms with Crippen molar-refractivity contribution in [2.45, 2.75) is 6.92 Å². The summed E-state index contributed by atoms with van der Waals surface area (Å²) in [4.78, 5) is 3.83. The fourth-order valence-electron chi connectivity index (χ4n) is 1.10. The average Bonchev–Trinajstić information content (AvgIpc) is 2.20. The van der Waals surface area contributed by atoms with Crippen LogP contribution in [0.1, 0.15) is 6.92 Å². The number of hydrogen-bond donors (Lipinski definition) is 1. The number of halogens is 4. The molecule has 0 saturated carbocycles. The van der Waals surface area contributed by atoms with Crippen molar-refractivity contribution >= 4 is 34.1 Å². The van der Waals surface area contributed by atoms with Gasteiger partial charge >= 0.3 is 0 Å². The highest BCUT2D eigenvalue weighted by Gasteiger charge is 2.04. The number of nitrogens with zero attached hydrogens (tertiary/aromatic N) is 1. The molecule has 1 rings (SSSR count). The Labute approximate surface area is 114 Å². The first-order valence-electron chi connectivity index (χ1n) is 4.87. The molecule has 1 aromatic carbocycles. The van der Waals surface area contributed by atoms with E-state index in [-0.39, 0.29) is 16.7 Å². The first kappa shape index (κ1) is 14.7. The molecule has 0 aromatic heterocycles. The molecule has 0 bridgehead atoms. The van der Waals surface area contributed by atoms with Crippen LogP contribution < -0.4 is 5.32 Å².